The van der Waals surface area contributed by atoms with Gasteiger partial charge in [0, 0.05) is 28.9 Å². The average Bonchev–Trinajstić information content (AvgIpc) is 3.37. The van der Waals surface area contributed by atoms with E-state index in [1.807, 2.05) is 0 Å². The highest BCUT2D eigenvalue weighted by molar-refractivity contribution is 6.05. The highest BCUT2D eigenvalue weighted by Gasteiger charge is 2.63. The van der Waals surface area contributed by atoms with Gasteiger partial charge < -0.3 is 20.1 Å². The lowest BCUT2D eigenvalue weighted by Crippen LogP contribution is -2.35. The van der Waals surface area contributed by atoms with Crippen molar-refractivity contribution in [1.82, 2.24) is 0 Å². The average molecular weight is 406 g/mol. The minimum absolute atomic E-state index is 0.000171. The Morgan fingerprint density at radius 3 is 2.60 bits per heavy atom. The Balaban J connectivity index is 1.29. The smallest absolute Gasteiger partial charge is 0.310 e. The molecule has 3 fully saturated rings. The molecule has 0 unspecified atom stereocenters. The van der Waals surface area contributed by atoms with E-state index in [2.05, 4.69) is 10.6 Å². The summed E-state index contributed by atoms with van der Waals surface area (Å²) in [5.41, 5.74) is 1.57. The van der Waals surface area contributed by atoms with Crippen molar-refractivity contribution in [3.8, 4) is 5.75 Å². The Morgan fingerprint density at radius 2 is 1.80 bits per heavy atom. The fourth-order valence-corrected chi connectivity index (χ4v) is 5.23. The van der Waals surface area contributed by atoms with Crippen LogP contribution in [0.2, 0.25) is 0 Å². The summed E-state index contributed by atoms with van der Waals surface area (Å²) < 4.78 is 10.6. The first-order valence-electron chi connectivity index (χ1n) is 10.1. The minimum Gasteiger partial charge on any atom is -0.497 e. The van der Waals surface area contributed by atoms with Crippen molar-refractivity contribution in [1.29, 1.82) is 0 Å². The predicted octanol–water partition coefficient (Wildman–Crippen LogP) is 3.08. The third-order valence-corrected chi connectivity index (χ3v) is 6.51. The van der Waals surface area contributed by atoms with Crippen LogP contribution >= 0.6 is 0 Å². The quantitative estimate of drug-likeness (QED) is 0.745. The molecule has 2 saturated carbocycles. The van der Waals surface area contributed by atoms with E-state index in [-0.39, 0.29) is 47.6 Å². The molecule has 7 heteroatoms. The number of fused-ring (bicyclic) bond motifs is 1. The Labute approximate surface area is 173 Å². The minimum atomic E-state index is -0.351. The summed E-state index contributed by atoms with van der Waals surface area (Å²) in [4.78, 5) is 37.7. The lowest BCUT2D eigenvalue weighted by Gasteiger charge is -2.23. The zero-order valence-electron chi connectivity index (χ0n) is 16.5. The maximum atomic E-state index is 12.9. The number of carbonyl (C=O) groups excluding carboxylic acids is 3. The highest BCUT2D eigenvalue weighted by atomic mass is 16.6. The van der Waals surface area contributed by atoms with Crippen LogP contribution in [0.15, 0.2) is 48.5 Å². The Kier molecular flexibility index (Phi) is 4.46. The predicted molar refractivity (Wildman–Crippen MR) is 109 cm³/mol. The van der Waals surface area contributed by atoms with Crippen molar-refractivity contribution in [2.75, 3.05) is 17.7 Å². The lowest BCUT2D eigenvalue weighted by molar-refractivity contribution is -0.145. The molecule has 154 valence electrons. The number of amides is 2. The van der Waals surface area contributed by atoms with Crippen LogP contribution in [0.3, 0.4) is 0 Å². The van der Waals surface area contributed by atoms with E-state index in [1.54, 1.807) is 55.6 Å². The van der Waals surface area contributed by atoms with Gasteiger partial charge in [0.25, 0.3) is 5.91 Å². The zero-order valence-corrected chi connectivity index (χ0v) is 16.5. The second kappa shape index (κ2) is 7.16. The van der Waals surface area contributed by atoms with Gasteiger partial charge in [-0.1, -0.05) is 12.1 Å². The molecule has 0 aromatic heterocycles. The van der Waals surface area contributed by atoms with E-state index in [0.29, 0.717) is 22.7 Å². The van der Waals surface area contributed by atoms with Gasteiger partial charge in [-0.25, -0.2) is 0 Å². The molecular weight excluding hydrogens is 384 g/mol. The number of esters is 1. The van der Waals surface area contributed by atoms with Crippen LogP contribution in [0.1, 0.15) is 23.2 Å². The van der Waals surface area contributed by atoms with Gasteiger partial charge in [-0.2, -0.15) is 0 Å². The van der Waals surface area contributed by atoms with Gasteiger partial charge in [0.1, 0.15) is 11.9 Å². The summed E-state index contributed by atoms with van der Waals surface area (Å²) >= 11 is 0. The zero-order chi connectivity index (χ0) is 20.8. The normalized spacial score (nSPS) is 28.2. The summed E-state index contributed by atoms with van der Waals surface area (Å²) in [6.07, 6.45) is 1.65. The molecule has 5 rings (SSSR count). The maximum absolute atomic E-state index is 12.9. The summed E-state index contributed by atoms with van der Waals surface area (Å²) in [6.45, 7) is 0. The molecule has 0 radical (unpaired) electrons. The molecule has 2 amide bonds. The highest BCUT2D eigenvalue weighted by Crippen LogP contribution is 2.57. The van der Waals surface area contributed by atoms with Crippen molar-refractivity contribution in [2.45, 2.75) is 18.9 Å². The number of hydrogen-bond acceptors (Lipinski definition) is 5. The van der Waals surface area contributed by atoms with Crippen LogP contribution in [0.5, 0.6) is 5.75 Å². The van der Waals surface area contributed by atoms with Crippen LogP contribution in [-0.4, -0.2) is 31.0 Å². The van der Waals surface area contributed by atoms with Crippen molar-refractivity contribution >= 4 is 29.2 Å². The monoisotopic (exact) mass is 406 g/mol. The van der Waals surface area contributed by atoms with E-state index in [9.17, 15) is 14.4 Å². The molecule has 0 spiro atoms. The van der Waals surface area contributed by atoms with Crippen LogP contribution in [-0.2, 0) is 14.3 Å². The molecule has 2 aromatic rings. The van der Waals surface area contributed by atoms with Gasteiger partial charge in [0.15, 0.2) is 0 Å². The Bertz CT molecular complexity index is 1030. The molecule has 7 nitrogen and oxygen atoms in total. The molecule has 1 aliphatic heterocycles. The van der Waals surface area contributed by atoms with Gasteiger partial charge >= 0.3 is 5.97 Å². The van der Waals surface area contributed by atoms with Crippen molar-refractivity contribution in [3.63, 3.8) is 0 Å². The molecule has 30 heavy (non-hydrogen) atoms. The third-order valence-electron chi connectivity index (χ3n) is 6.51. The van der Waals surface area contributed by atoms with Crippen molar-refractivity contribution in [2.24, 2.45) is 23.7 Å². The first-order valence-corrected chi connectivity index (χ1v) is 10.1. The first-order chi connectivity index (χ1) is 14.5. The van der Waals surface area contributed by atoms with Gasteiger partial charge in [0.2, 0.25) is 5.91 Å². The molecule has 2 aromatic carbocycles. The van der Waals surface area contributed by atoms with Gasteiger partial charge in [-0.05, 0) is 49.1 Å². The van der Waals surface area contributed by atoms with Crippen molar-refractivity contribution in [3.05, 3.63) is 54.1 Å². The third kappa shape index (κ3) is 3.10. The Morgan fingerprint density at radius 1 is 1.03 bits per heavy atom. The number of nitrogens with one attached hydrogen (secondary N) is 2. The standard InChI is InChI=1S/C23H22N2O5/c1-29-16-7-3-6-15(11-16)24-21(26)12-4-2-5-14(8-12)25-22(27)19-13-9-17-18(10-13)30-23(28)20(17)19/h2-8,11,13,17-20H,9-10H2,1H3,(H,24,26)(H,25,27)/t13-,17-,18-,19-,20+/m1/s1. The van der Waals surface area contributed by atoms with Crippen LogP contribution in [0.25, 0.3) is 0 Å². The SMILES string of the molecule is COc1cccc(NC(=O)c2cccc(NC(=O)[C@@H]3[C@@H]4C[C@H]5[C@@H]3C(=O)O[C@@H]5C4)c2)c1. The van der Waals surface area contributed by atoms with Gasteiger partial charge in [0.05, 0.1) is 18.9 Å². The molecule has 1 saturated heterocycles. The first kappa shape index (κ1) is 18.7. The summed E-state index contributed by atoms with van der Waals surface area (Å²) in [5.74, 6) is -0.362. The number of methoxy groups -OCH3 is 1. The molecule has 2 bridgehead atoms. The lowest BCUT2D eigenvalue weighted by atomic mass is 9.79. The second-order valence-electron chi connectivity index (χ2n) is 8.18. The van der Waals surface area contributed by atoms with E-state index < -0.39 is 0 Å². The van der Waals surface area contributed by atoms with E-state index in [0.717, 1.165) is 12.8 Å². The topological polar surface area (TPSA) is 93.7 Å². The van der Waals surface area contributed by atoms with Crippen LogP contribution in [0.4, 0.5) is 11.4 Å². The number of anilines is 2. The van der Waals surface area contributed by atoms with Gasteiger partial charge in [-0.15, -0.1) is 0 Å². The number of rotatable bonds is 5. The molecular formula is C23H22N2O5. The van der Waals surface area contributed by atoms with Gasteiger partial charge in [-0.3, -0.25) is 14.4 Å². The fraction of sp³-hybridized carbons (Fsp3) is 0.348. The van der Waals surface area contributed by atoms with Crippen LogP contribution < -0.4 is 15.4 Å². The fourth-order valence-electron chi connectivity index (χ4n) is 5.23. The molecule has 2 aliphatic carbocycles. The van der Waals surface area contributed by atoms with Crippen LogP contribution in [0, 0.1) is 23.7 Å². The maximum Gasteiger partial charge on any atom is 0.310 e. The molecule has 5 atom stereocenters. The molecule has 3 aliphatic rings. The molecule has 1 heterocycles. The molecule has 2 N–H and O–H groups in total. The number of benzene rings is 2. The number of carbonyl (C=O) groups is 3. The van der Waals surface area contributed by atoms with Crippen molar-refractivity contribution < 1.29 is 23.9 Å². The Hall–Kier alpha value is -3.35. The number of ether oxygens (including phenoxy) is 2. The largest absolute Gasteiger partial charge is 0.497 e. The number of hydrogen-bond donors (Lipinski definition) is 2. The van der Waals surface area contributed by atoms with E-state index in [4.69, 9.17) is 9.47 Å². The summed E-state index contributed by atoms with van der Waals surface area (Å²) in [7, 11) is 1.56. The van der Waals surface area contributed by atoms with E-state index in [1.165, 1.54) is 0 Å². The second-order valence-corrected chi connectivity index (χ2v) is 8.18. The van der Waals surface area contributed by atoms with E-state index >= 15 is 0 Å². The summed E-state index contributed by atoms with van der Waals surface area (Å²) in [6, 6.07) is 13.9. The summed E-state index contributed by atoms with van der Waals surface area (Å²) in [5, 5.41) is 5.73.